The van der Waals surface area contributed by atoms with Crippen molar-refractivity contribution in [1.82, 2.24) is 10.2 Å². The third-order valence-electron chi connectivity index (χ3n) is 8.47. The van der Waals surface area contributed by atoms with Crippen molar-refractivity contribution in [3.8, 4) is 17.6 Å². The Hall–Kier alpha value is -3.30. The Morgan fingerprint density at radius 1 is 1.08 bits per heavy atom. The second-order valence-corrected chi connectivity index (χ2v) is 11.2. The molecule has 1 aliphatic carbocycles. The highest BCUT2D eigenvalue weighted by Crippen LogP contribution is 2.43. The van der Waals surface area contributed by atoms with Crippen molar-refractivity contribution in [2.45, 2.75) is 69.8 Å². The van der Waals surface area contributed by atoms with E-state index in [9.17, 15) is 14.7 Å². The smallest absolute Gasteiger partial charge is 0.254 e. The van der Waals surface area contributed by atoms with Crippen LogP contribution in [0.15, 0.2) is 48.5 Å². The summed E-state index contributed by atoms with van der Waals surface area (Å²) in [5.74, 6) is 6.71. The van der Waals surface area contributed by atoms with E-state index in [1.165, 1.54) is 18.4 Å². The minimum atomic E-state index is -0.208. The zero-order valence-electron chi connectivity index (χ0n) is 22.2. The maximum Gasteiger partial charge on any atom is 0.254 e. The van der Waals surface area contributed by atoms with Gasteiger partial charge in [0.15, 0.2) is 0 Å². The molecule has 1 spiro atoms. The molecule has 2 heterocycles. The quantitative estimate of drug-likeness (QED) is 0.511. The number of benzene rings is 2. The number of carbonyl (C=O) groups excluding carboxylic acids is 2. The van der Waals surface area contributed by atoms with Crippen LogP contribution in [0.2, 0.25) is 0 Å². The third-order valence-corrected chi connectivity index (χ3v) is 8.47. The fourth-order valence-corrected chi connectivity index (χ4v) is 5.89. The number of piperidine rings is 1. The number of ether oxygens (including phenoxy) is 1. The number of phenols is 1. The molecule has 0 bridgehead atoms. The normalized spacial score (nSPS) is 21.3. The van der Waals surface area contributed by atoms with Gasteiger partial charge in [0.05, 0.1) is 18.6 Å². The van der Waals surface area contributed by atoms with Crippen LogP contribution < -0.4 is 5.32 Å². The topological polar surface area (TPSA) is 78.9 Å². The van der Waals surface area contributed by atoms with Gasteiger partial charge in [0.25, 0.3) is 5.91 Å². The van der Waals surface area contributed by atoms with Crippen LogP contribution in [0, 0.1) is 17.3 Å². The molecule has 3 fully saturated rings. The van der Waals surface area contributed by atoms with Gasteiger partial charge in [-0.2, -0.15) is 0 Å². The molecule has 2 atom stereocenters. The van der Waals surface area contributed by atoms with Crippen molar-refractivity contribution in [2.24, 2.45) is 5.41 Å². The molecule has 2 aliphatic heterocycles. The average molecular weight is 515 g/mol. The summed E-state index contributed by atoms with van der Waals surface area (Å²) in [6.07, 6.45) is 6.58. The zero-order valence-corrected chi connectivity index (χ0v) is 22.2. The van der Waals surface area contributed by atoms with E-state index in [0.717, 1.165) is 49.9 Å². The number of phenolic OH excluding ortho intramolecular Hbond substituents is 1. The summed E-state index contributed by atoms with van der Waals surface area (Å²) in [6.45, 7) is 4.51. The molecular weight excluding hydrogens is 476 g/mol. The lowest BCUT2D eigenvalue weighted by molar-refractivity contribution is -0.123. The number of rotatable bonds is 7. The second-order valence-electron chi connectivity index (χ2n) is 11.2. The highest BCUT2D eigenvalue weighted by molar-refractivity contribution is 5.96. The SMILES string of the molecule is CC#C[C@@H](CC(=O)NCC1CCC2(CCN(C(=O)c3ccccc3C3CC3)CC2)CO1)c1ccc(O)cc1. The molecule has 2 amide bonds. The molecule has 6 heteroatoms. The van der Waals surface area contributed by atoms with Gasteiger partial charge in [-0.05, 0) is 86.1 Å². The molecule has 5 rings (SSSR count). The van der Waals surface area contributed by atoms with Crippen LogP contribution in [0.3, 0.4) is 0 Å². The molecule has 3 aliphatic rings. The summed E-state index contributed by atoms with van der Waals surface area (Å²) in [5, 5.41) is 12.6. The van der Waals surface area contributed by atoms with Crippen LogP contribution in [0.1, 0.15) is 85.2 Å². The summed E-state index contributed by atoms with van der Waals surface area (Å²) in [6, 6.07) is 15.0. The molecule has 1 unspecified atom stereocenters. The number of amides is 2. The monoisotopic (exact) mass is 514 g/mol. The summed E-state index contributed by atoms with van der Waals surface area (Å²) < 4.78 is 6.24. The van der Waals surface area contributed by atoms with Crippen molar-refractivity contribution < 1.29 is 19.4 Å². The largest absolute Gasteiger partial charge is 0.508 e. The predicted octanol–water partition coefficient (Wildman–Crippen LogP) is 4.98. The van der Waals surface area contributed by atoms with Gasteiger partial charge in [-0.15, -0.1) is 5.92 Å². The van der Waals surface area contributed by atoms with Gasteiger partial charge in [0.1, 0.15) is 5.75 Å². The molecule has 0 radical (unpaired) electrons. The number of nitrogens with one attached hydrogen (secondary N) is 1. The Balaban J connectivity index is 1.07. The predicted molar refractivity (Wildman–Crippen MR) is 147 cm³/mol. The Morgan fingerprint density at radius 2 is 1.82 bits per heavy atom. The van der Waals surface area contributed by atoms with E-state index in [4.69, 9.17) is 4.74 Å². The first kappa shape index (κ1) is 26.3. The molecule has 2 saturated heterocycles. The molecule has 0 aromatic heterocycles. The van der Waals surface area contributed by atoms with E-state index in [2.05, 4.69) is 23.2 Å². The second kappa shape index (κ2) is 11.6. The van der Waals surface area contributed by atoms with Gasteiger partial charge >= 0.3 is 0 Å². The minimum Gasteiger partial charge on any atom is -0.508 e. The highest BCUT2D eigenvalue weighted by Gasteiger charge is 2.40. The lowest BCUT2D eigenvalue weighted by atomic mass is 9.73. The standard InChI is InChI=1S/C32H38N2O4/c1-2-5-25(23-10-12-26(35)13-11-23)20-30(36)33-21-27-14-15-32(22-38-27)16-18-34(19-17-32)31(37)29-7-4-3-6-28(29)24-8-9-24/h3-4,6-7,10-13,24-25,27,35H,8-9,14-22H2,1H3,(H,33,36)/t25-,27?/m0/s1. The summed E-state index contributed by atoms with van der Waals surface area (Å²) in [5.41, 5.74) is 3.16. The van der Waals surface area contributed by atoms with E-state index >= 15 is 0 Å². The van der Waals surface area contributed by atoms with Crippen molar-refractivity contribution in [3.05, 3.63) is 65.2 Å². The third kappa shape index (κ3) is 6.22. The lowest BCUT2D eigenvalue weighted by Crippen LogP contribution is -2.49. The molecule has 2 N–H and O–H groups in total. The molecule has 6 nitrogen and oxygen atoms in total. The Kier molecular flexibility index (Phi) is 8.04. The molecule has 38 heavy (non-hydrogen) atoms. The number of aromatic hydroxyl groups is 1. The molecule has 1 saturated carbocycles. The van der Waals surface area contributed by atoms with Crippen LogP contribution in [-0.4, -0.2) is 54.2 Å². The first-order valence-electron chi connectivity index (χ1n) is 13.9. The number of nitrogens with zero attached hydrogens (tertiary/aromatic N) is 1. The average Bonchev–Trinajstić information content (AvgIpc) is 3.79. The van der Waals surface area contributed by atoms with E-state index in [1.54, 1.807) is 19.1 Å². The van der Waals surface area contributed by atoms with E-state index in [1.807, 2.05) is 35.2 Å². The maximum absolute atomic E-state index is 13.3. The first-order valence-corrected chi connectivity index (χ1v) is 13.9. The molecule has 2 aromatic rings. The molecular formula is C32H38N2O4. The minimum absolute atomic E-state index is 0.0130. The highest BCUT2D eigenvalue weighted by atomic mass is 16.5. The van der Waals surface area contributed by atoms with Crippen LogP contribution in [0.5, 0.6) is 5.75 Å². The van der Waals surface area contributed by atoms with E-state index < -0.39 is 0 Å². The van der Waals surface area contributed by atoms with E-state index in [-0.39, 0.29) is 41.4 Å². The van der Waals surface area contributed by atoms with Gasteiger partial charge in [0, 0.05) is 31.6 Å². The van der Waals surface area contributed by atoms with E-state index in [0.29, 0.717) is 19.1 Å². The molecule has 2 aromatic carbocycles. The van der Waals surface area contributed by atoms with Crippen LogP contribution in [0.25, 0.3) is 0 Å². The van der Waals surface area contributed by atoms with Crippen molar-refractivity contribution in [1.29, 1.82) is 0 Å². The maximum atomic E-state index is 13.3. The van der Waals surface area contributed by atoms with Crippen molar-refractivity contribution >= 4 is 11.8 Å². The van der Waals surface area contributed by atoms with Gasteiger partial charge in [-0.1, -0.05) is 36.3 Å². The first-order chi connectivity index (χ1) is 18.5. The van der Waals surface area contributed by atoms with Gasteiger partial charge in [-0.3, -0.25) is 9.59 Å². The number of likely N-dealkylation sites (tertiary alicyclic amines) is 1. The van der Waals surface area contributed by atoms with Crippen LogP contribution in [0.4, 0.5) is 0 Å². The number of hydrogen-bond acceptors (Lipinski definition) is 4. The Bertz CT molecular complexity index is 1190. The summed E-state index contributed by atoms with van der Waals surface area (Å²) in [7, 11) is 0. The van der Waals surface area contributed by atoms with Crippen LogP contribution >= 0.6 is 0 Å². The molecule has 200 valence electrons. The van der Waals surface area contributed by atoms with Gasteiger partial charge in [-0.25, -0.2) is 0 Å². The fraction of sp³-hybridized carbons (Fsp3) is 0.500. The number of hydrogen-bond donors (Lipinski definition) is 2. The Labute approximate surface area is 225 Å². The zero-order chi connectivity index (χ0) is 26.5. The Morgan fingerprint density at radius 3 is 2.47 bits per heavy atom. The lowest BCUT2D eigenvalue weighted by Gasteiger charge is -2.45. The summed E-state index contributed by atoms with van der Waals surface area (Å²) >= 11 is 0. The van der Waals surface area contributed by atoms with Crippen LogP contribution in [-0.2, 0) is 9.53 Å². The van der Waals surface area contributed by atoms with Crippen molar-refractivity contribution in [3.63, 3.8) is 0 Å². The van der Waals surface area contributed by atoms with Gasteiger partial charge in [0.2, 0.25) is 5.91 Å². The summed E-state index contributed by atoms with van der Waals surface area (Å²) in [4.78, 5) is 28.0. The van der Waals surface area contributed by atoms with Gasteiger partial charge < -0.3 is 20.1 Å². The number of carbonyl (C=O) groups is 2. The fourth-order valence-electron chi connectivity index (χ4n) is 5.89. The van der Waals surface area contributed by atoms with Crippen molar-refractivity contribution in [2.75, 3.05) is 26.2 Å².